The number of aliphatic hydroxyl groups is 1. The van der Waals surface area contributed by atoms with Crippen LogP contribution in [0.3, 0.4) is 0 Å². The van der Waals surface area contributed by atoms with Gasteiger partial charge in [0.15, 0.2) is 11.6 Å². The lowest BCUT2D eigenvalue weighted by molar-refractivity contribution is -0.116. The van der Waals surface area contributed by atoms with E-state index in [0.29, 0.717) is 35.1 Å². The topological polar surface area (TPSA) is 54.4 Å². The van der Waals surface area contributed by atoms with Crippen molar-refractivity contribution in [3.8, 4) is 0 Å². The SMILES string of the molecule is CC1=C(C)C(=O)C(CCCCO)=C(C)C1=O. The molecule has 0 saturated heterocycles. The van der Waals surface area contributed by atoms with Gasteiger partial charge in [0.25, 0.3) is 0 Å². The van der Waals surface area contributed by atoms with Gasteiger partial charge in [0.2, 0.25) is 0 Å². The van der Waals surface area contributed by atoms with Gasteiger partial charge < -0.3 is 5.11 Å². The van der Waals surface area contributed by atoms with E-state index in [1.54, 1.807) is 20.8 Å². The number of rotatable bonds is 4. The van der Waals surface area contributed by atoms with E-state index in [9.17, 15) is 9.59 Å². The first-order valence-electron chi connectivity index (χ1n) is 5.58. The molecule has 0 aromatic carbocycles. The summed E-state index contributed by atoms with van der Waals surface area (Å²) in [6.45, 7) is 5.24. The van der Waals surface area contributed by atoms with E-state index in [0.717, 1.165) is 6.42 Å². The zero-order chi connectivity index (χ0) is 12.3. The normalized spacial score (nSPS) is 17.5. The Balaban J connectivity index is 2.91. The van der Waals surface area contributed by atoms with Crippen LogP contribution in [0.15, 0.2) is 22.3 Å². The van der Waals surface area contributed by atoms with Gasteiger partial charge in [-0.2, -0.15) is 0 Å². The number of Topliss-reactive ketones (excluding diaryl/α,β-unsaturated/α-hetero) is 2. The maximum atomic E-state index is 12.0. The predicted octanol–water partition coefficient (Wildman–Crippen LogP) is 1.95. The van der Waals surface area contributed by atoms with Crippen molar-refractivity contribution in [3.63, 3.8) is 0 Å². The van der Waals surface area contributed by atoms with Crippen molar-refractivity contribution in [2.24, 2.45) is 0 Å². The molecule has 3 nitrogen and oxygen atoms in total. The quantitative estimate of drug-likeness (QED) is 0.584. The highest BCUT2D eigenvalue weighted by molar-refractivity contribution is 6.24. The number of allylic oxidation sites excluding steroid dienone is 4. The van der Waals surface area contributed by atoms with Crippen molar-refractivity contribution in [2.75, 3.05) is 6.61 Å². The summed E-state index contributed by atoms with van der Waals surface area (Å²) < 4.78 is 0. The molecule has 1 aliphatic carbocycles. The fraction of sp³-hybridized carbons (Fsp3) is 0.538. The van der Waals surface area contributed by atoms with Crippen LogP contribution in [0.5, 0.6) is 0 Å². The Morgan fingerprint density at radius 1 is 0.875 bits per heavy atom. The maximum absolute atomic E-state index is 12.0. The molecule has 16 heavy (non-hydrogen) atoms. The Hall–Kier alpha value is -1.22. The van der Waals surface area contributed by atoms with E-state index in [1.165, 1.54) is 0 Å². The van der Waals surface area contributed by atoms with Crippen LogP contribution in [0.1, 0.15) is 40.0 Å². The van der Waals surface area contributed by atoms with Crippen molar-refractivity contribution in [3.05, 3.63) is 22.3 Å². The average Bonchev–Trinajstić information content (AvgIpc) is 2.28. The number of unbranched alkanes of at least 4 members (excludes halogenated alkanes) is 1. The minimum atomic E-state index is -0.0175. The monoisotopic (exact) mass is 222 g/mol. The minimum absolute atomic E-state index is 0.00691. The van der Waals surface area contributed by atoms with Crippen molar-refractivity contribution >= 4 is 11.6 Å². The van der Waals surface area contributed by atoms with Gasteiger partial charge in [-0.15, -0.1) is 0 Å². The molecule has 0 aliphatic heterocycles. The van der Waals surface area contributed by atoms with E-state index < -0.39 is 0 Å². The molecule has 0 saturated carbocycles. The van der Waals surface area contributed by atoms with Gasteiger partial charge in [-0.05, 0) is 40.0 Å². The van der Waals surface area contributed by atoms with Crippen molar-refractivity contribution < 1.29 is 14.7 Å². The Labute approximate surface area is 95.9 Å². The van der Waals surface area contributed by atoms with Crippen LogP contribution >= 0.6 is 0 Å². The molecule has 0 bridgehead atoms. The fourth-order valence-electron chi connectivity index (χ4n) is 1.87. The lowest BCUT2D eigenvalue weighted by atomic mass is 9.84. The number of carbonyl (C=O) groups is 2. The molecule has 1 N–H and O–H groups in total. The highest BCUT2D eigenvalue weighted by atomic mass is 16.2. The predicted molar refractivity (Wildman–Crippen MR) is 62.0 cm³/mol. The van der Waals surface area contributed by atoms with Crippen LogP contribution in [-0.4, -0.2) is 23.3 Å². The van der Waals surface area contributed by atoms with Crippen LogP contribution in [0.4, 0.5) is 0 Å². The number of hydrogen-bond donors (Lipinski definition) is 1. The molecular formula is C13H18O3. The molecule has 1 aliphatic rings. The van der Waals surface area contributed by atoms with E-state index in [1.807, 2.05) is 0 Å². The van der Waals surface area contributed by atoms with Gasteiger partial charge >= 0.3 is 0 Å². The van der Waals surface area contributed by atoms with Gasteiger partial charge in [-0.25, -0.2) is 0 Å². The summed E-state index contributed by atoms with van der Waals surface area (Å²) >= 11 is 0. The molecule has 0 heterocycles. The second-order valence-corrected chi connectivity index (χ2v) is 4.19. The molecule has 0 amide bonds. The van der Waals surface area contributed by atoms with E-state index >= 15 is 0 Å². The number of carbonyl (C=O) groups excluding carboxylic acids is 2. The van der Waals surface area contributed by atoms with E-state index in [4.69, 9.17) is 5.11 Å². The summed E-state index contributed by atoms with van der Waals surface area (Å²) in [5.41, 5.74) is 2.33. The maximum Gasteiger partial charge on any atom is 0.185 e. The van der Waals surface area contributed by atoms with Gasteiger partial charge in [-0.3, -0.25) is 9.59 Å². The number of aliphatic hydroxyl groups excluding tert-OH is 1. The zero-order valence-corrected chi connectivity index (χ0v) is 10.1. The van der Waals surface area contributed by atoms with Crippen molar-refractivity contribution in [2.45, 2.75) is 40.0 Å². The Bertz CT molecular complexity index is 386. The zero-order valence-electron chi connectivity index (χ0n) is 10.1. The number of hydrogen-bond acceptors (Lipinski definition) is 3. The molecule has 0 aromatic rings. The van der Waals surface area contributed by atoms with Gasteiger partial charge in [0.05, 0.1) is 0 Å². The average molecular weight is 222 g/mol. The molecule has 0 spiro atoms. The smallest absolute Gasteiger partial charge is 0.185 e. The molecular weight excluding hydrogens is 204 g/mol. The Morgan fingerprint density at radius 3 is 2.00 bits per heavy atom. The highest BCUT2D eigenvalue weighted by Gasteiger charge is 2.26. The Morgan fingerprint density at radius 2 is 1.44 bits per heavy atom. The molecule has 0 unspecified atom stereocenters. The first kappa shape index (κ1) is 12.8. The van der Waals surface area contributed by atoms with Crippen molar-refractivity contribution in [1.82, 2.24) is 0 Å². The minimum Gasteiger partial charge on any atom is -0.396 e. The van der Waals surface area contributed by atoms with Crippen LogP contribution in [-0.2, 0) is 9.59 Å². The third-order valence-corrected chi connectivity index (χ3v) is 3.15. The first-order valence-corrected chi connectivity index (χ1v) is 5.58. The Kier molecular flexibility index (Phi) is 4.19. The number of ketones is 2. The molecule has 0 fully saturated rings. The summed E-state index contributed by atoms with van der Waals surface area (Å²) in [7, 11) is 0. The lowest BCUT2D eigenvalue weighted by Crippen LogP contribution is -2.20. The van der Waals surface area contributed by atoms with Crippen LogP contribution in [0, 0.1) is 0 Å². The summed E-state index contributed by atoms with van der Waals surface area (Å²) in [6, 6.07) is 0. The van der Waals surface area contributed by atoms with Crippen LogP contribution < -0.4 is 0 Å². The van der Waals surface area contributed by atoms with E-state index in [-0.39, 0.29) is 18.2 Å². The fourth-order valence-corrected chi connectivity index (χ4v) is 1.87. The largest absolute Gasteiger partial charge is 0.396 e. The molecule has 0 radical (unpaired) electrons. The van der Waals surface area contributed by atoms with Gasteiger partial charge in [0.1, 0.15) is 0 Å². The summed E-state index contributed by atoms with van der Waals surface area (Å²) in [4.78, 5) is 23.8. The molecule has 88 valence electrons. The van der Waals surface area contributed by atoms with E-state index in [2.05, 4.69) is 0 Å². The second kappa shape index (κ2) is 5.21. The van der Waals surface area contributed by atoms with Crippen LogP contribution in [0.25, 0.3) is 0 Å². The third-order valence-electron chi connectivity index (χ3n) is 3.15. The summed E-state index contributed by atoms with van der Waals surface area (Å²) in [6.07, 6.45) is 2.00. The second-order valence-electron chi connectivity index (χ2n) is 4.19. The van der Waals surface area contributed by atoms with Gasteiger partial charge in [0, 0.05) is 28.9 Å². The van der Waals surface area contributed by atoms with Crippen molar-refractivity contribution in [1.29, 1.82) is 0 Å². The summed E-state index contributed by atoms with van der Waals surface area (Å²) in [5, 5.41) is 8.70. The molecule has 1 rings (SSSR count). The molecule has 0 atom stereocenters. The lowest BCUT2D eigenvalue weighted by Gasteiger charge is -2.18. The highest BCUT2D eigenvalue weighted by Crippen LogP contribution is 2.27. The standard InChI is InChI=1S/C13H18O3/c1-8-9(2)13(16)11(6-4-5-7-14)10(3)12(8)15/h14H,4-7H2,1-3H3. The molecule has 3 heteroatoms. The van der Waals surface area contributed by atoms with Crippen LogP contribution in [0.2, 0.25) is 0 Å². The summed E-state index contributed by atoms with van der Waals surface area (Å²) in [5.74, 6) is -0.0244. The first-order chi connectivity index (χ1) is 7.50. The third kappa shape index (κ3) is 2.30. The van der Waals surface area contributed by atoms with Gasteiger partial charge in [-0.1, -0.05) is 0 Å². The molecule has 0 aromatic heterocycles.